The second-order valence-corrected chi connectivity index (χ2v) is 13.2. The molecule has 3 atom stereocenters. The van der Waals surface area contributed by atoms with E-state index >= 15 is 0 Å². The summed E-state index contributed by atoms with van der Waals surface area (Å²) in [6, 6.07) is 18.4. The number of alkyl carbamates (subject to hydrolysis) is 1. The molecule has 4 amide bonds. The molecule has 0 aliphatic heterocycles. The molecule has 46 heavy (non-hydrogen) atoms. The molecule has 12 heteroatoms. The van der Waals surface area contributed by atoms with Gasteiger partial charge in [-0.2, -0.15) is 0 Å². The van der Waals surface area contributed by atoms with Crippen LogP contribution in [0.2, 0.25) is 0 Å². The Hall–Kier alpha value is -4.29. The number of urea groups is 1. The summed E-state index contributed by atoms with van der Waals surface area (Å²) in [5.74, 6) is -0.391. The van der Waals surface area contributed by atoms with E-state index in [2.05, 4.69) is 25.9 Å². The molecule has 0 fully saturated rings. The lowest BCUT2D eigenvalue weighted by Crippen LogP contribution is -2.54. The molecule has 0 aliphatic rings. The van der Waals surface area contributed by atoms with Crippen molar-refractivity contribution in [3.8, 4) is 0 Å². The Bertz CT molecular complexity index is 1470. The first-order valence-electron chi connectivity index (χ1n) is 15.3. The summed E-state index contributed by atoms with van der Waals surface area (Å²) in [5, 5.41) is 11.1. The topological polar surface area (TPSA) is 126 Å². The van der Waals surface area contributed by atoms with Crippen molar-refractivity contribution in [3.63, 3.8) is 0 Å². The Morgan fingerprint density at radius 2 is 1.50 bits per heavy atom. The summed E-state index contributed by atoms with van der Waals surface area (Å²) in [4.78, 5) is 50.2. The van der Waals surface area contributed by atoms with E-state index in [9.17, 15) is 14.4 Å². The van der Waals surface area contributed by atoms with Crippen LogP contribution >= 0.6 is 22.7 Å². The smallest absolute Gasteiger partial charge is 0.407 e. The quantitative estimate of drug-likeness (QED) is 0.139. The maximum absolute atomic E-state index is 13.7. The Morgan fingerprint density at radius 3 is 2.04 bits per heavy atom. The molecular weight excluding hydrogens is 621 g/mol. The van der Waals surface area contributed by atoms with Crippen LogP contribution in [-0.4, -0.2) is 58.1 Å². The van der Waals surface area contributed by atoms with Gasteiger partial charge in [0.05, 0.1) is 28.1 Å². The predicted octanol–water partition coefficient (Wildman–Crippen LogP) is 5.81. The van der Waals surface area contributed by atoms with Gasteiger partial charge < -0.3 is 25.6 Å². The Kier molecular flexibility index (Phi) is 13.5. The minimum absolute atomic E-state index is 0.144. The molecule has 2 aromatic heterocycles. The molecule has 4 rings (SSSR count). The Labute approximate surface area is 278 Å². The molecule has 0 aliphatic carbocycles. The van der Waals surface area contributed by atoms with E-state index in [1.165, 1.54) is 27.6 Å². The molecule has 0 bridgehead atoms. The van der Waals surface area contributed by atoms with Crippen LogP contribution in [0.3, 0.4) is 0 Å². The molecule has 2 heterocycles. The van der Waals surface area contributed by atoms with E-state index < -0.39 is 12.1 Å². The van der Waals surface area contributed by atoms with E-state index in [1.54, 1.807) is 24.3 Å². The van der Waals surface area contributed by atoms with Crippen molar-refractivity contribution in [1.82, 2.24) is 30.8 Å². The molecule has 10 nitrogen and oxygen atoms in total. The van der Waals surface area contributed by atoms with Crippen molar-refractivity contribution >= 4 is 40.7 Å². The number of nitrogens with one attached hydrogen (secondary N) is 3. The number of amides is 4. The second-order valence-electron chi connectivity index (χ2n) is 11.6. The zero-order valence-corrected chi connectivity index (χ0v) is 28.1. The third kappa shape index (κ3) is 11.6. The number of benzene rings is 2. The summed E-state index contributed by atoms with van der Waals surface area (Å²) in [6.45, 7) is 4.33. The molecule has 3 N–H and O–H groups in total. The van der Waals surface area contributed by atoms with Crippen LogP contribution in [0.1, 0.15) is 48.4 Å². The third-order valence-corrected chi connectivity index (χ3v) is 8.86. The first kappa shape index (κ1) is 34.6. The zero-order valence-electron chi connectivity index (χ0n) is 26.4. The number of thiazole rings is 2. The fraction of sp³-hybridized carbons (Fsp3) is 0.382. The van der Waals surface area contributed by atoms with Gasteiger partial charge in [-0.15, -0.1) is 22.7 Å². The maximum Gasteiger partial charge on any atom is 0.407 e. The second kappa shape index (κ2) is 18.0. The van der Waals surface area contributed by atoms with Crippen LogP contribution in [0.15, 0.2) is 83.3 Å². The van der Waals surface area contributed by atoms with Crippen LogP contribution in [0.4, 0.5) is 9.59 Å². The summed E-state index contributed by atoms with van der Waals surface area (Å²) in [7, 11) is 1.68. The Balaban J connectivity index is 1.43. The number of carbonyl (C=O) groups excluding carboxylic acids is 3. The van der Waals surface area contributed by atoms with Gasteiger partial charge >= 0.3 is 12.1 Å². The van der Waals surface area contributed by atoms with Gasteiger partial charge in [-0.25, -0.2) is 14.6 Å². The minimum atomic E-state index is -0.733. The molecule has 0 spiro atoms. The number of aromatic nitrogens is 2. The molecule has 4 aromatic rings. The highest BCUT2D eigenvalue weighted by Gasteiger charge is 2.28. The van der Waals surface area contributed by atoms with Crippen LogP contribution in [-0.2, 0) is 35.5 Å². The van der Waals surface area contributed by atoms with E-state index in [4.69, 9.17) is 4.74 Å². The number of carbonyl (C=O) groups is 3. The number of hydrogen-bond acceptors (Lipinski definition) is 8. The van der Waals surface area contributed by atoms with Gasteiger partial charge in [0, 0.05) is 30.7 Å². The molecule has 0 saturated carbocycles. The lowest BCUT2D eigenvalue weighted by Gasteiger charge is -2.28. The lowest BCUT2D eigenvalue weighted by atomic mass is 9.95. The highest BCUT2D eigenvalue weighted by atomic mass is 32.1. The number of ether oxygens (including phenoxy) is 1. The minimum Gasteiger partial charge on any atom is -0.444 e. The van der Waals surface area contributed by atoms with Crippen molar-refractivity contribution < 1.29 is 19.1 Å². The van der Waals surface area contributed by atoms with Gasteiger partial charge in [0.15, 0.2) is 0 Å². The maximum atomic E-state index is 13.7. The molecule has 244 valence electrons. The van der Waals surface area contributed by atoms with Crippen molar-refractivity contribution in [3.05, 3.63) is 105 Å². The molecule has 2 aromatic carbocycles. The average Bonchev–Trinajstić information content (AvgIpc) is 3.77. The number of nitrogens with zero attached hydrogens (tertiary/aromatic N) is 3. The van der Waals surface area contributed by atoms with Gasteiger partial charge in [0.2, 0.25) is 5.91 Å². The average molecular weight is 663 g/mol. The molecule has 0 radical (unpaired) electrons. The largest absolute Gasteiger partial charge is 0.444 e. The van der Waals surface area contributed by atoms with Crippen molar-refractivity contribution in [2.24, 2.45) is 5.92 Å². The van der Waals surface area contributed by atoms with Gasteiger partial charge in [0.1, 0.15) is 12.6 Å². The summed E-state index contributed by atoms with van der Waals surface area (Å²) >= 11 is 2.90. The monoisotopic (exact) mass is 662 g/mol. The fourth-order valence-electron chi connectivity index (χ4n) is 5.01. The Morgan fingerprint density at radius 1 is 0.870 bits per heavy atom. The zero-order chi connectivity index (χ0) is 32.7. The lowest BCUT2D eigenvalue weighted by molar-refractivity contribution is -0.124. The standard InChI is InChI=1S/C34H42N6O4S2/c1-24(2)31(39-33(42)40(3)19-29-21-45-23-36-29)32(41)37-27(16-25-10-6-4-7-11-25)14-15-28(17-26-12-8-5-9-13-26)38-34(43)44-20-30-18-35-22-46-30/h4-13,18,21-24,27-28,31H,14-17,19-20H2,1-3H3,(H,37,41)(H,38,43)(H,39,42). The normalized spacial score (nSPS) is 13.0. The molecule has 0 saturated heterocycles. The van der Waals surface area contributed by atoms with Crippen molar-refractivity contribution in [2.75, 3.05) is 7.05 Å². The first-order valence-corrected chi connectivity index (χ1v) is 17.2. The van der Waals surface area contributed by atoms with E-state index in [0.29, 0.717) is 32.2 Å². The van der Waals surface area contributed by atoms with E-state index in [0.717, 1.165) is 21.7 Å². The van der Waals surface area contributed by atoms with E-state index in [1.807, 2.05) is 79.9 Å². The van der Waals surface area contributed by atoms with Crippen LogP contribution in [0.25, 0.3) is 0 Å². The van der Waals surface area contributed by atoms with Crippen molar-refractivity contribution in [2.45, 2.75) is 70.8 Å². The van der Waals surface area contributed by atoms with Crippen LogP contribution < -0.4 is 16.0 Å². The SMILES string of the molecule is CC(C)C(NC(=O)N(C)Cc1cscn1)C(=O)NC(CCC(Cc1ccccc1)NC(=O)OCc1cncs1)Cc1ccccc1. The van der Waals surface area contributed by atoms with Crippen LogP contribution in [0, 0.1) is 5.92 Å². The van der Waals surface area contributed by atoms with Gasteiger partial charge in [-0.1, -0.05) is 74.5 Å². The summed E-state index contributed by atoms with van der Waals surface area (Å²) < 4.78 is 5.47. The highest BCUT2D eigenvalue weighted by molar-refractivity contribution is 7.09. The third-order valence-electron chi connectivity index (χ3n) is 7.47. The molecule has 3 unspecified atom stereocenters. The first-order chi connectivity index (χ1) is 22.3. The van der Waals surface area contributed by atoms with Gasteiger partial charge in [-0.05, 0) is 42.7 Å². The van der Waals surface area contributed by atoms with Crippen LogP contribution in [0.5, 0.6) is 0 Å². The number of hydrogen-bond donors (Lipinski definition) is 3. The summed E-state index contributed by atoms with van der Waals surface area (Å²) in [6.07, 6.45) is 3.58. The highest BCUT2D eigenvalue weighted by Crippen LogP contribution is 2.15. The number of rotatable bonds is 16. The van der Waals surface area contributed by atoms with Crippen molar-refractivity contribution in [1.29, 1.82) is 0 Å². The fourth-order valence-corrected chi connectivity index (χ4v) is 6.06. The van der Waals surface area contributed by atoms with E-state index in [-0.39, 0.29) is 36.5 Å². The summed E-state index contributed by atoms with van der Waals surface area (Å²) in [5.41, 5.74) is 6.39. The molecular formula is C34H42N6O4S2. The van der Waals surface area contributed by atoms with Gasteiger partial charge in [-0.3, -0.25) is 9.78 Å². The predicted molar refractivity (Wildman–Crippen MR) is 181 cm³/mol. The van der Waals surface area contributed by atoms with Gasteiger partial charge in [0.25, 0.3) is 0 Å².